The van der Waals surface area contributed by atoms with Crippen LogP contribution in [0.15, 0.2) is 11.1 Å². The van der Waals surface area contributed by atoms with E-state index in [1.54, 1.807) is 13.8 Å². The van der Waals surface area contributed by atoms with Gasteiger partial charge in [-0.25, -0.2) is 9.97 Å². The summed E-state index contributed by atoms with van der Waals surface area (Å²) in [4.78, 5) is 31.1. The maximum absolute atomic E-state index is 13.9. The number of nitrogens with zero attached hydrogens (tertiary/aromatic N) is 4. The first kappa shape index (κ1) is 24.5. The highest BCUT2D eigenvalue weighted by atomic mass is 19.4. The maximum Gasteiger partial charge on any atom is 0.449 e. The monoisotopic (exact) mass is 492 g/mol. The second kappa shape index (κ2) is 8.88. The number of carbonyl (C=O) groups is 1. The molecule has 2 aliphatic heterocycles. The number of ether oxygens (including phenoxy) is 5. The van der Waals surface area contributed by atoms with Gasteiger partial charge in [0.2, 0.25) is 5.82 Å². The molecular weight excluding hydrogens is 469 g/mol. The van der Waals surface area contributed by atoms with Gasteiger partial charge in [0.05, 0.1) is 13.2 Å². The van der Waals surface area contributed by atoms with Crippen molar-refractivity contribution in [2.75, 3.05) is 19.8 Å². The number of alkyl halides is 3. The van der Waals surface area contributed by atoms with E-state index in [1.807, 2.05) is 0 Å². The summed E-state index contributed by atoms with van der Waals surface area (Å²) in [5.74, 6) is -3.03. The van der Waals surface area contributed by atoms with E-state index in [0.29, 0.717) is 4.57 Å². The molecule has 0 aromatic carbocycles. The van der Waals surface area contributed by atoms with E-state index in [4.69, 9.17) is 23.7 Å². The number of esters is 1. The minimum atomic E-state index is -4.95. The van der Waals surface area contributed by atoms with Gasteiger partial charge in [-0.15, -0.1) is 0 Å². The van der Waals surface area contributed by atoms with E-state index in [2.05, 4.69) is 9.97 Å². The summed E-state index contributed by atoms with van der Waals surface area (Å²) >= 11 is 0. The van der Waals surface area contributed by atoms with E-state index in [-0.39, 0.29) is 25.6 Å². The van der Waals surface area contributed by atoms with Crippen LogP contribution < -0.4 is 5.56 Å². The fourth-order valence-electron chi connectivity index (χ4n) is 3.96. The number of fused-ring (bicyclic) bond motifs is 2. The van der Waals surface area contributed by atoms with Gasteiger partial charge in [0.25, 0.3) is 5.56 Å². The number of hydrogen-bond donors (Lipinski definition) is 1. The van der Waals surface area contributed by atoms with Crippen LogP contribution in [-0.2, 0) is 41.4 Å². The highest BCUT2D eigenvalue weighted by molar-refractivity contribution is 5.70. The van der Waals surface area contributed by atoms with Crippen molar-refractivity contribution in [3.63, 3.8) is 0 Å². The van der Waals surface area contributed by atoms with Crippen LogP contribution in [0.4, 0.5) is 13.2 Å². The zero-order valence-electron chi connectivity index (χ0n) is 18.4. The normalized spacial score (nSPS) is 26.2. The number of carbonyl (C=O) groups excluding carboxylic acids is 1. The molecule has 0 bridgehead atoms. The van der Waals surface area contributed by atoms with E-state index in [1.165, 1.54) is 6.92 Å². The van der Waals surface area contributed by atoms with Crippen molar-refractivity contribution < 1.29 is 46.8 Å². The van der Waals surface area contributed by atoms with Crippen molar-refractivity contribution in [1.82, 2.24) is 19.1 Å². The van der Waals surface area contributed by atoms with E-state index in [0.717, 1.165) is 10.9 Å². The fraction of sp³-hybridized carbons (Fsp3) is 0.684. The number of halogens is 3. The number of hydrogen-bond acceptors (Lipinski definition) is 10. The van der Waals surface area contributed by atoms with Gasteiger partial charge in [-0.05, 0) is 13.8 Å². The van der Waals surface area contributed by atoms with Gasteiger partial charge >= 0.3 is 12.1 Å². The molecule has 2 aromatic heterocycles. The SMILES string of the molecule is CC(=O)OCCOCn1cnc2c(nc(C(F)(F)F)n2[C@@H]2O[C@H](CO)[C@H]3OC(C)(C)O[C@H]32)c1=O. The smallest absolute Gasteiger partial charge is 0.449 e. The summed E-state index contributed by atoms with van der Waals surface area (Å²) in [5.41, 5.74) is -1.80. The predicted molar refractivity (Wildman–Crippen MR) is 104 cm³/mol. The van der Waals surface area contributed by atoms with Crippen LogP contribution in [-0.4, -0.2) is 74.1 Å². The molecule has 2 fully saturated rings. The molecule has 188 valence electrons. The van der Waals surface area contributed by atoms with Gasteiger partial charge < -0.3 is 28.8 Å². The van der Waals surface area contributed by atoms with Crippen LogP contribution in [0.2, 0.25) is 0 Å². The number of aliphatic hydroxyl groups excluding tert-OH is 1. The molecule has 0 spiro atoms. The molecule has 2 aliphatic rings. The summed E-state index contributed by atoms with van der Waals surface area (Å²) in [6.45, 7) is 3.44. The van der Waals surface area contributed by atoms with E-state index >= 15 is 0 Å². The number of rotatable bonds is 7. The quantitative estimate of drug-likeness (QED) is 0.431. The van der Waals surface area contributed by atoms with Gasteiger partial charge in [-0.2, -0.15) is 13.2 Å². The second-order valence-corrected chi connectivity index (χ2v) is 8.18. The minimum Gasteiger partial charge on any atom is -0.463 e. The number of imidazole rings is 1. The lowest BCUT2D eigenvalue weighted by molar-refractivity contribution is -0.203. The van der Waals surface area contributed by atoms with Gasteiger partial charge in [-0.1, -0.05) is 0 Å². The van der Waals surface area contributed by atoms with Crippen molar-refractivity contribution in [1.29, 1.82) is 0 Å². The predicted octanol–water partition coefficient (Wildman–Crippen LogP) is 0.559. The molecule has 0 radical (unpaired) electrons. The summed E-state index contributed by atoms with van der Waals surface area (Å²) < 4.78 is 70.4. The summed E-state index contributed by atoms with van der Waals surface area (Å²) in [6.07, 6.45) is -8.16. The largest absolute Gasteiger partial charge is 0.463 e. The molecule has 4 rings (SSSR count). The van der Waals surface area contributed by atoms with Crippen LogP contribution in [0, 0.1) is 0 Å². The zero-order valence-corrected chi connectivity index (χ0v) is 18.4. The second-order valence-electron chi connectivity index (χ2n) is 8.18. The fourth-order valence-corrected chi connectivity index (χ4v) is 3.96. The highest BCUT2D eigenvalue weighted by Gasteiger charge is 2.57. The number of aromatic nitrogens is 4. The van der Waals surface area contributed by atoms with Crippen molar-refractivity contribution in [2.24, 2.45) is 0 Å². The molecule has 0 amide bonds. The lowest BCUT2D eigenvalue weighted by Crippen LogP contribution is -2.31. The van der Waals surface area contributed by atoms with Crippen molar-refractivity contribution in [3.05, 3.63) is 22.5 Å². The van der Waals surface area contributed by atoms with Crippen molar-refractivity contribution in [2.45, 2.75) is 64.0 Å². The van der Waals surface area contributed by atoms with Crippen LogP contribution >= 0.6 is 0 Å². The van der Waals surface area contributed by atoms with Crippen LogP contribution in [0.3, 0.4) is 0 Å². The minimum absolute atomic E-state index is 0.0407. The third kappa shape index (κ3) is 4.53. The Morgan fingerprint density at radius 1 is 1.26 bits per heavy atom. The molecule has 12 nitrogen and oxygen atoms in total. The summed E-state index contributed by atoms with van der Waals surface area (Å²) in [7, 11) is 0. The number of aliphatic hydroxyl groups is 1. The third-order valence-electron chi connectivity index (χ3n) is 5.25. The van der Waals surface area contributed by atoms with Crippen molar-refractivity contribution in [3.8, 4) is 0 Å². The van der Waals surface area contributed by atoms with E-state index < -0.39 is 66.0 Å². The Balaban J connectivity index is 1.70. The average molecular weight is 492 g/mol. The molecule has 4 atom stereocenters. The Kier molecular flexibility index (Phi) is 6.41. The molecule has 0 saturated carbocycles. The molecular formula is C19H23F3N4O8. The van der Waals surface area contributed by atoms with Gasteiger partial charge in [0, 0.05) is 6.92 Å². The zero-order chi connectivity index (χ0) is 24.8. The molecule has 4 heterocycles. The molecule has 2 saturated heterocycles. The van der Waals surface area contributed by atoms with Gasteiger partial charge in [0.15, 0.2) is 23.2 Å². The molecule has 0 unspecified atom stereocenters. The van der Waals surface area contributed by atoms with Crippen LogP contribution in [0.25, 0.3) is 11.2 Å². The summed E-state index contributed by atoms with van der Waals surface area (Å²) in [6, 6.07) is 0. The van der Waals surface area contributed by atoms with Gasteiger partial charge in [-0.3, -0.25) is 18.7 Å². The first-order valence-corrected chi connectivity index (χ1v) is 10.3. The molecule has 2 aromatic rings. The maximum atomic E-state index is 13.9. The third-order valence-corrected chi connectivity index (χ3v) is 5.25. The molecule has 0 aliphatic carbocycles. The first-order valence-electron chi connectivity index (χ1n) is 10.3. The van der Waals surface area contributed by atoms with Crippen LogP contribution in [0.1, 0.15) is 32.8 Å². The standard InChI is InChI=1S/C19H23F3N4O8/c1-9(28)31-5-4-30-8-25-7-23-14-11(15(25)29)24-17(19(20,21)22)26(14)16-13-12(10(6-27)32-16)33-18(2,3)34-13/h7,10,12-13,16,27H,4-6,8H2,1-3H3/t10-,12-,13-,16-/m1/s1. The van der Waals surface area contributed by atoms with E-state index in [9.17, 15) is 27.9 Å². The van der Waals surface area contributed by atoms with Gasteiger partial charge in [0.1, 0.15) is 38.0 Å². The summed E-state index contributed by atoms with van der Waals surface area (Å²) in [5, 5.41) is 9.65. The topological polar surface area (TPSA) is 136 Å². The Labute approximate surface area is 190 Å². The molecule has 15 heteroatoms. The molecule has 1 N–H and O–H groups in total. The Morgan fingerprint density at radius 3 is 2.62 bits per heavy atom. The molecule has 34 heavy (non-hydrogen) atoms. The van der Waals surface area contributed by atoms with Crippen molar-refractivity contribution >= 4 is 17.1 Å². The highest BCUT2D eigenvalue weighted by Crippen LogP contribution is 2.45. The first-order chi connectivity index (χ1) is 15.9. The lowest BCUT2D eigenvalue weighted by atomic mass is 10.1. The Hall–Kier alpha value is -2.59. The van der Waals surface area contributed by atoms with Crippen LogP contribution in [0.5, 0.6) is 0 Å². The Bertz CT molecular complexity index is 1130. The average Bonchev–Trinajstić information content (AvgIpc) is 3.37. The Morgan fingerprint density at radius 2 is 1.97 bits per heavy atom. The lowest BCUT2D eigenvalue weighted by Gasteiger charge is -2.25.